The Bertz CT molecular complexity index is 659. The minimum Gasteiger partial charge on any atom is -0.298 e. The van der Waals surface area contributed by atoms with Gasteiger partial charge in [-0.1, -0.05) is 42.5 Å². The lowest BCUT2D eigenvalue weighted by atomic mass is 10.2. The summed E-state index contributed by atoms with van der Waals surface area (Å²) in [4.78, 5) is 20.5. The number of rotatable bonds is 3. The van der Waals surface area contributed by atoms with Gasteiger partial charge in [0.2, 0.25) is 0 Å². The Morgan fingerprint density at radius 2 is 1.20 bits per heavy atom. The molecule has 0 saturated heterocycles. The van der Waals surface area contributed by atoms with E-state index in [1.807, 2.05) is 18.2 Å². The number of carbonyl (C=O) groups is 2. The fourth-order valence-corrected chi connectivity index (χ4v) is 1.96. The highest BCUT2D eigenvalue weighted by Crippen LogP contribution is 2.08. The molecule has 0 heterocycles. The Balaban J connectivity index is 0.000000217. The average Bonchev–Trinajstić information content (AvgIpc) is 2.48. The minimum absolute atomic E-state index is 0.230. The Hall–Kier alpha value is -2.27. The molecule has 0 fully saturated rings. The number of hydrogen-bond acceptors (Lipinski definition) is 4. The summed E-state index contributed by atoms with van der Waals surface area (Å²) in [5.41, 5.74) is 1.20. The normalized spacial score (nSPS) is 10.1. The quantitative estimate of drug-likeness (QED) is 0.814. The van der Waals surface area contributed by atoms with Gasteiger partial charge in [0.15, 0.2) is 9.84 Å². The molecule has 0 radical (unpaired) electrons. The molecule has 0 aliphatic rings. The molecule has 104 valence electrons. The molecule has 0 aromatic heterocycles. The Morgan fingerprint density at radius 3 is 1.55 bits per heavy atom. The maximum Gasteiger partial charge on any atom is 0.175 e. The summed E-state index contributed by atoms with van der Waals surface area (Å²) in [6, 6.07) is 14.9. The first-order chi connectivity index (χ1) is 9.47. The van der Waals surface area contributed by atoms with E-state index in [9.17, 15) is 18.0 Å². The third-order valence-electron chi connectivity index (χ3n) is 2.38. The molecule has 0 aliphatic carbocycles. The van der Waals surface area contributed by atoms with Crippen LogP contribution in [0.25, 0.3) is 0 Å². The van der Waals surface area contributed by atoms with E-state index >= 15 is 0 Å². The van der Waals surface area contributed by atoms with Crippen LogP contribution in [0.15, 0.2) is 59.5 Å². The second-order valence-corrected chi connectivity index (χ2v) is 6.00. The molecule has 0 bridgehead atoms. The summed E-state index contributed by atoms with van der Waals surface area (Å²) in [6.07, 6.45) is 2.63. The van der Waals surface area contributed by atoms with Gasteiger partial charge in [-0.2, -0.15) is 0 Å². The van der Waals surface area contributed by atoms with E-state index in [0.717, 1.165) is 18.1 Å². The van der Waals surface area contributed by atoms with Gasteiger partial charge in [0.1, 0.15) is 12.6 Å². The van der Waals surface area contributed by atoms with E-state index in [1.165, 1.54) is 24.3 Å². The van der Waals surface area contributed by atoms with Crippen LogP contribution >= 0.6 is 0 Å². The first-order valence-electron chi connectivity index (χ1n) is 5.73. The first kappa shape index (κ1) is 15.8. The molecule has 0 aliphatic heterocycles. The molecule has 0 saturated carbocycles. The first-order valence-corrected chi connectivity index (χ1v) is 7.62. The smallest absolute Gasteiger partial charge is 0.175 e. The predicted octanol–water partition coefficient (Wildman–Crippen LogP) is 2.40. The van der Waals surface area contributed by atoms with Crippen molar-refractivity contribution in [3.05, 3.63) is 65.7 Å². The van der Waals surface area contributed by atoms with Crippen molar-refractivity contribution in [3.63, 3.8) is 0 Å². The number of aldehydes is 2. The molecule has 0 atom stereocenters. The fraction of sp³-hybridized carbons (Fsp3) is 0.0667. The summed E-state index contributed by atoms with van der Waals surface area (Å²) in [5, 5.41) is 0. The fourth-order valence-electron chi connectivity index (χ4n) is 1.33. The van der Waals surface area contributed by atoms with Gasteiger partial charge in [0.25, 0.3) is 0 Å². The third kappa shape index (κ3) is 5.16. The molecule has 2 aromatic rings. The van der Waals surface area contributed by atoms with Crippen molar-refractivity contribution in [2.75, 3.05) is 6.26 Å². The zero-order valence-electron chi connectivity index (χ0n) is 10.9. The van der Waals surface area contributed by atoms with E-state index < -0.39 is 9.84 Å². The number of sulfone groups is 1. The van der Waals surface area contributed by atoms with Gasteiger partial charge >= 0.3 is 0 Å². The van der Waals surface area contributed by atoms with Crippen molar-refractivity contribution >= 4 is 22.4 Å². The van der Waals surface area contributed by atoms with E-state index in [0.29, 0.717) is 11.8 Å². The van der Waals surface area contributed by atoms with Gasteiger partial charge in [0, 0.05) is 17.4 Å². The number of carbonyl (C=O) groups excluding carboxylic acids is 2. The van der Waals surface area contributed by atoms with Crippen LogP contribution in [0.4, 0.5) is 0 Å². The molecule has 4 nitrogen and oxygen atoms in total. The SMILES string of the molecule is CS(=O)(=O)c1ccc(C=O)cc1.O=Cc1ccccc1. The third-order valence-corrected chi connectivity index (χ3v) is 3.51. The van der Waals surface area contributed by atoms with Gasteiger partial charge in [-0.15, -0.1) is 0 Å². The van der Waals surface area contributed by atoms with Gasteiger partial charge in [-0.25, -0.2) is 8.42 Å². The second kappa shape index (κ2) is 7.35. The van der Waals surface area contributed by atoms with Crippen LogP contribution in [0, 0.1) is 0 Å². The van der Waals surface area contributed by atoms with Crippen LogP contribution in [-0.4, -0.2) is 27.2 Å². The van der Waals surface area contributed by atoms with Crippen LogP contribution in [0.1, 0.15) is 20.7 Å². The largest absolute Gasteiger partial charge is 0.298 e. The molecule has 0 N–H and O–H groups in total. The van der Waals surface area contributed by atoms with Crippen molar-refractivity contribution in [3.8, 4) is 0 Å². The van der Waals surface area contributed by atoms with Gasteiger partial charge < -0.3 is 0 Å². The molecule has 5 heteroatoms. The number of benzene rings is 2. The molecular weight excluding hydrogens is 276 g/mol. The van der Waals surface area contributed by atoms with Crippen LogP contribution < -0.4 is 0 Å². The molecule has 0 spiro atoms. The van der Waals surface area contributed by atoms with Gasteiger partial charge in [-0.3, -0.25) is 9.59 Å². The monoisotopic (exact) mass is 290 g/mol. The van der Waals surface area contributed by atoms with Crippen LogP contribution in [-0.2, 0) is 9.84 Å². The van der Waals surface area contributed by atoms with Crippen molar-refractivity contribution in [2.45, 2.75) is 4.90 Å². The molecule has 2 rings (SSSR count). The summed E-state index contributed by atoms with van der Waals surface area (Å²) in [5.74, 6) is 0. The maximum absolute atomic E-state index is 10.9. The zero-order chi connectivity index (χ0) is 15.0. The van der Waals surface area contributed by atoms with E-state index in [1.54, 1.807) is 12.1 Å². The van der Waals surface area contributed by atoms with E-state index in [4.69, 9.17) is 0 Å². The zero-order valence-corrected chi connectivity index (χ0v) is 11.7. The van der Waals surface area contributed by atoms with Crippen molar-refractivity contribution in [1.82, 2.24) is 0 Å². The van der Waals surface area contributed by atoms with Crippen LogP contribution in [0.2, 0.25) is 0 Å². The standard InChI is InChI=1S/C8H8O3S.C7H6O/c1-12(10,11)8-4-2-7(6-9)3-5-8;8-6-7-4-2-1-3-5-7/h2-6H,1H3;1-6H. The molecule has 20 heavy (non-hydrogen) atoms. The lowest BCUT2D eigenvalue weighted by molar-refractivity contribution is 0.111. The average molecular weight is 290 g/mol. The summed E-state index contributed by atoms with van der Waals surface area (Å²) < 4.78 is 21.9. The van der Waals surface area contributed by atoms with Gasteiger partial charge in [-0.05, 0) is 12.1 Å². The Kier molecular flexibility index (Phi) is 5.80. The Morgan fingerprint density at radius 1 is 0.750 bits per heavy atom. The van der Waals surface area contributed by atoms with E-state index in [-0.39, 0.29) is 4.90 Å². The lowest BCUT2D eigenvalue weighted by Crippen LogP contribution is -1.96. The molecule has 0 unspecified atom stereocenters. The van der Waals surface area contributed by atoms with Gasteiger partial charge in [0.05, 0.1) is 4.90 Å². The predicted molar refractivity (Wildman–Crippen MR) is 76.8 cm³/mol. The minimum atomic E-state index is -3.14. The molecular formula is C15H14O4S. The summed E-state index contributed by atoms with van der Waals surface area (Å²) in [6.45, 7) is 0. The number of hydrogen-bond donors (Lipinski definition) is 0. The second-order valence-electron chi connectivity index (χ2n) is 3.99. The molecule has 0 amide bonds. The van der Waals surface area contributed by atoms with Crippen molar-refractivity contribution in [1.29, 1.82) is 0 Å². The Labute approximate surface area is 118 Å². The van der Waals surface area contributed by atoms with Crippen LogP contribution in [0.3, 0.4) is 0 Å². The molecule has 2 aromatic carbocycles. The lowest BCUT2D eigenvalue weighted by Gasteiger charge is -1.96. The highest BCUT2D eigenvalue weighted by molar-refractivity contribution is 7.90. The van der Waals surface area contributed by atoms with Crippen LogP contribution in [0.5, 0.6) is 0 Å². The highest BCUT2D eigenvalue weighted by atomic mass is 32.2. The maximum atomic E-state index is 10.9. The van der Waals surface area contributed by atoms with E-state index in [2.05, 4.69) is 0 Å². The highest BCUT2D eigenvalue weighted by Gasteiger charge is 2.05. The van der Waals surface area contributed by atoms with Crippen molar-refractivity contribution < 1.29 is 18.0 Å². The topological polar surface area (TPSA) is 68.3 Å². The summed E-state index contributed by atoms with van der Waals surface area (Å²) >= 11 is 0. The van der Waals surface area contributed by atoms with Crippen molar-refractivity contribution in [2.24, 2.45) is 0 Å². The summed E-state index contributed by atoms with van der Waals surface area (Å²) in [7, 11) is -3.14.